The first-order valence-corrected chi connectivity index (χ1v) is 7.92. The Balaban J connectivity index is 1.70. The average molecular weight is 348 g/mol. The van der Waals surface area contributed by atoms with Gasteiger partial charge in [-0.05, 0) is 48.4 Å². The van der Waals surface area contributed by atoms with Crippen molar-refractivity contribution in [2.45, 2.75) is 6.42 Å². The normalized spacial score (nSPS) is 15.9. The Bertz CT molecular complexity index is 763. The van der Waals surface area contributed by atoms with E-state index in [9.17, 15) is 4.79 Å². The summed E-state index contributed by atoms with van der Waals surface area (Å²) in [6.45, 7) is 0.342. The third-order valence-corrected chi connectivity index (χ3v) is 4.26. The van der Waals surface area contributed by atoms with Crippen LogP contribution < -0.4 is 19.5 Å². The fourth-order valence-corrected chi connectivity index (χ4v) is 2.91. The number of fused-ring (bicyclic) bond motifs is 1. The van der Waals surface area contributed by atoms with Gasteiger partial charge < -0.3 is 19.5 Å². The van der Waals surface area contributed by atoms with E-state index in [1.807, 2.05) is 18.2 Å². The SMILES string of the molecule is COc1ccc2c(c1)C[C@H](C(=O)Nc1ccc(OC)c(Cl)c1)CO2. The van der Waals surface area contributed by atoms with E-state index in [0.29, 0.717) is 29.5 Å². The van der Waals surface area contributed by atoms with Crippen LogP contribution in [-0.4, -0.2) is 26.7 Å². The lowest BCUT2D eigenvalue weighted by Gasteiger charge is -2.25. The fourth-order valence-electron chi connectivity index (χ4n) is 2.65. The lowest BCUT2D eigenvalue weighted by molar-refractivity contribution is -0.121. The minimum absolute atomic E-state index is 0.107. The molecule has 0 saturated carbocycles. The van der Waals surface area contributed by atoms with Crippen LogP contribution >= 0.6 is 11.6 Å². The van der Waals surface area contributed by atoms with Crippen LogP contribution in [-0.2, 0) is 11.2 Å². The van der Waals surface area contributed by atoms with E-state index in [1.165, 1.54) is 0 Å². The van der Waals surface area contributed by atoms with Gasteiger partial charge in [-0.25, -0.2) is 0 Å². The number of benzene rings is 2. The zero-order valence-electron chi connectivity index (χ0n) is 13.5. The maximum atomic E-state index is 12.5. The number of ether oxygens (including phenoxy) is 3. The highest BCUT2D eigenvalue weighted by Crippen LogP contribution is 2.32. The highest BCUT2D eigenvalue weighted by Gasteiger charge is 2.26. The summed E-state index contributed by atoms with van der Waals surface area (Å²) in [7, 11) is 3.16. The van der Waals surface area contributed by atoms with Crippen molar-refractivity contribution in [1.82, 2.24) is 0 Å². The van der Waals surface area contributed by atoms with Crippen molar-refractivity contribution in [2.75, 3.05) is 26.1 Å². The highest BCUT2D eigenvalue weighted by atomic mass is 35.5. The smallest absolute Gasteiger partial charge is 0.231 e. The summed E-state index contributed by atoms with van der Waals surface area (Å²) in [6, 6.07) is 10.8. The molecule has 0 unspecified atom stereocenters. The van der Waals surface area contributed by atoms with Gasteiger partial charge in [-0.1, -0.05) is 11.6 Å². The number of halogens is 1. The quantitative estimate of drug-likeness (QED) is 0.919. The zero-order valence-corrected chi connectivity index (χ0v) is 14.2. The predicted molar refractivity (Wildman–Crippen MR) is 92.3 cm³/mol. The molecule has 5 nitrogen and oxygen atoms in total. The number of hydrogen-bond acceptors (Lipinski definition) is 4. The molecule has 1 aliphatic rings. The third kappa shape index (κ3) is 3.41. The topological polar surface area (TPSA) is 56.8 Å². The molecule has 1 amide bonds. The van der Waals surface area contributed by atoms with Crippen molar-refractivity contribution in [3.63, 3.8) is 0 Å². The Morgan fingerprint density at radius 3 is 2.75 bits per heavy atom. The summed E-state index contributed by atoms with van der Waals surface area (Å²) >= 11 is 6.08. The second-order valence-electron chi connectivity index (χ2n) is 5.52. The van der Waals surface area contributed by atoms with Gasteiger partial charge in [0.05, 0.1) is 25.2 Å². The van der Waals surface area contributed by atoms with Gasteiger partial charge in [0.2, 0.25) is 5.91 Å². The van der Waals surface area contributed by atoms with E-state index in [-0.39, 0.29) is 11.8 Å². The Labute approximate surface area is 145 Å². The number of anilines is 1. The van der Waals surface area contributed by atoms with Crippen molar-refractivity contribution >= 4 is 23.2 Å². The largest absolute Gasteiger partial charge is 0.497 e. The molecule has 0 bridgehead atoms. The van der Waals surface area contributed by atoms with Crippen LogP contribution in [0.4, 0.5) is 5.69 Å². The molecule has 1 heterocycles. The summed E-state index contributed by atoms with van der Waals surface area (Å²) < 4.78 is 16.0. The third-order valence-electron chi connectivity index (χ3n) is 3.96. The van der Waals surface area contributed by atoms with E-state index < -0.39 is 0 Å². The lowest BCUT2D eigenvalue weighted by Crippen LogP contribution is -2.32. The number of amides is 1. The molecule has 1 N–H and O–H groups in total. The second kappa shape index (κ2) is 7.01. The van der Waals surface area contributed by atoms with Crippen LogP contribution in [0.5, 0.6) is 17.2 Å². The minimum Gasteiger partial charge on any atom is -0.497 e. The van der Waals surface area contributed by atoms with Gasteiger partial charge in [0.1, 0.15) is 23.9 Å². The lowest BCUT2D eigenvalue weighted by atomic mass is 9.95. The summed E-state index contributed by atoms with van der Waals surface area (Å²) in [5.74, 6) is 1.74. The van der Waals surface area contributed by atoms with Crippen molar-refractivity contribution in [3.05, 3.63) is 47.0 Å². The van der Waals surface area contributed by atoms with Gasteiger partial charge in [0, 0.05) is 5.69 Å². The monoisotopic (exact) mass is 347 g/mol. The van der Waals surface area contributed by atoms with Crippen molar-refractivity contribution < 1.29 is 19.0 Å². The molecule has 2 aromatic rings. The molecule has 0 radical (unpaired) electrons. The number of nitrogens with one attached hydrogen (secondary N) is 1. The number of carbonyl (C=O) groups is 1. The Morgan fingerprint density at radius 1 is 1.21 bits per heavy atom. The summed E-state index contributed by atoms with van der Waals surface area (Å²) in [6.07, 6.45) is 0.599. The van der Waals surface area contributed by atoms with Gasteiger partial charge in [0.15, 0.2) is 0 Å². The molecule has 1 atom stereocenters. The van der Waals surface area contributed by atoms with E-state index in [1.54, 1.807) is 32.4 Å². The van der Waals surface area contributed by atoms with Gasteiger partial charge in [0.25, 0.3) is 0 Å². The molecule has 0 spiro atoms. The molecule has 0 saturated heterocycles. The zero-order chi connectivity index (χ0) is 17.1. The van der Waals surface area contributed by atoms with Gasteiger partial charge in [-0.2, -0.15) is 0 Å². The molecule has 1 aliphatic heterocycles. The van der Waals surface area contributed by atoms with Crippen LogP contribution in [0, 0.1) is 5.92 Å². The van der Waals surface area contributed by atoms with Crippen molar-refractivity contribution in [1.29, 1.82) is 0 Å². The molecular formula is C18H18ClNO4. The molecule has 6 heteroatoms. The molecular weight excluding hydrogens is 330 g/mol. The van der Waals surface area contributed by atoms with Crippen LogP contribution in [0.25, 0.3) is 0 Å². The maximum absolute atomic E-state index is 12.5. The van der Waals surface area contributed by atoms with Crippen LogP contribution in [0.1, 0.15) is 5.56 Å². The first kappa shape index (κ1) is 16.5. The average Bonchev–Trinajstić information content (AvgIpc) is 2.60. The fraction of sp³-hybridized carbons (Fsp3) is 0.278. The molecule has 126 valence electrons. The van der Waals surface area contributed by atoms with Crippen LogP contribution in [0.3, 0.4) is 0 Å². The standard InChI is InChI=1S/C18H18ClNO4/c1-22-14-4-6-16-11(8-14)7-12(10-24-16)18(21)20-13-3-5-17(23-2)15(19)9-13/h3-6,8-9,12H,7,10H2,1-2H3,(H,20,21)/t12-/m0/s1. The molecule has 0 fully saturated rings. The molecule has 3 rings (SSSR count). The van der Waals surface area contributed by atoms with E-state index in [4.69, 9.17) is 25.8 Å². The minimum atomic E-state index is -0.273. The number of rotatable bonds is 4. The van der Waals surface area contributed by atoms with Crippen molar-refractivity contribution in [2.24, 2.45) is 5.92 Å². The Hall–Kier alpha value is -2.40. The summed E-state index contributed by atoms with van der Waals surface area (Å²) in [5.41, 5.74) is 1.59. The summed E-state index contributed by atoms with van der Waals surface area (Å²) in [4.78, 5) is 12.5. The second-order valence-corrected chi connectivity index (χ2v) is 5.93. The van der Waals surface area contributed by atoms with Gasteiger partial charge in [-0.3, -0.25) is 4.79 Å². The number of hydrogen-bond donors (Lipinski definition) is 1. The van der Waals surface area contributed by atoms with E-state index >= 15 is 0 Å². The van der Waals surface area contributed by atoms with Crippen LogP contribution in [0.2, 0.25) is 5.02 Å². The number of methoxy groups -OCH3 is 2. The maximum Gasteiger partial charge on any atom is 0.231 e. The molecule has 24 heavy (non-hydrogen) atoms. The van der Waals surface area contributed by atoms with E-state index in [2.05, 4.69) is 5.32 Å². The first-order valence-electron chi connectivity index (χ1n) is 7.55. The predicted octanol–water partition coefficient (Wildman–Crippen LogP) is 3.55. The molecule has 2 aromatic carbocycles. The summed E-state index contributed by atoms with van der Waals surface area (Å²) in [5, 5.41) is 3.32. The first-order chi connectivity index (χ1) is 11.6. The highest BCUT2D eigenvalue weighted by molar-refractivity contribution is 6.32. The molecule has 0 aromatic heterocycles. The van der Waals surface area contributed by atoms with Crippen molar-refractivity contribution in [3.8, 4) is 17.2 Å². The van der Waals surface area contributed by atoms with E-state index in [0.717, 1.165) is 17.1 Å². The Morgan fingerprint density at radius 2 is 2.04 bits per heavy atom. The van der Waals surface area contributed by atoms with Gasteiger partial charge >= 0.3 is 0 Å². The molecule has 0 aliphatic carbocycles. The van der Waals surface area contributed by atoms with Crippen LogP contribution in [0.15, 0.2) is 36.4 Å². The number of carbonyl (C=O) groups excluding carboxylic acids is 1. The van der Waals surface area contributed by atoms with Gasteiger partial charge in [-0.15, -0.1) is 0 Å². The Kier molecular flexibility index (Phi) is 4.81.